The third-order valence-electron chi connectivity index (χ3n) is 5.65. The van der Waals surface area contributed by atoms with Gasteiger partial charge in [-0.05, 0) is 42.9 Å². The lowest BCUT2D eigenvalue weighted by molar-refractivity contribution is -0.133. The van der Waals surface area contributed by atoms with E-state index in [4.69, 9.17) is 4.74 Å². The second kappa shape index (κ2) is 6.65. The van der Waals surface area contributed by atoms with Gasteiger partial charge in [-0.2, -0.15) is 0 Å². The van der Waals surface area contributed by atoms with Gasteiger partial charge in [0.15, 0.2) is 0 Å². The van der Waals surface area contributed by atoms with Crippen molar-refractivity contribution in [2.75, 3.05) is 18.1 Å². The second-order valence-electron chi connectivity index (χ2n) is 7.33. The van der Waals surface area contributed by atoms with E-state index in [1.165, 1.54) is 25.0 Å². The first kappa shape index (κ1) is 16.4. The average Bonchev–Trinajstić information content (AvgIpc) is 3.20. The van der Waals surface area contributed by atoms with Crippen LogP contribution in [0.25, 0.3) is 0 Å². The number of benzene rings is 1. The maximum absolute atomic E-state index is 13.8. The molecule has 5 nitrogen and oxygen atoms in total. The maximum atomic E-state index is 13.8. The molecule has 1 aliphatic carbocycles. The molecule has 2 aliphatic heterocycles. The molecule has 4 rings (SSSR count). The Morgan fingerprint density at radius 2 is 2.04 bits per heavy atom. The van der Waals surface area contributed by atoms with Gasteiger partial charge >= 0.3 is 6.09 Å². The third kappa shape index (κ3) is 3.22. The molecule has 1 aromatic carbocycles. The monoisotopic (exact) mass is 346 g/mol. The molecule has 0 radical (unpaired) electrons. The van der Waals surface area contributed by atoms with Crippen LogP contribution in [-0.4, -0.2) is 36.1 Å². The zero-order valence-electron chi connectivity index (χ0n) is 14.2. The van der Waals surface area contributed by atoms with Crippen LogP contribution in [0.1, 0.15) is 44.1 Å². The van der Waals surface area contributed by atoms with Crippen molar-refractivity contribution in [3.05, 3.63) is 29.6 Å². The smallest absolute Gasteiger partial charge is 0.414 e. The first-order chi connectivity index (χ1) is 12.1. The van der Waals surface area contributed by atoms with Crippen LogP contribution >= 0.6 is 0 Å². The molecule has 0 unspecified atom stereocenters. The second-order valence-corrected chi connectivity index (χ2v) is 7.33. The molecule has 0 bridgehead atoms. The fourth-order valence-electron chi connectivity index (χ4n) is 4.26. The number of nitrogens with zero attached hydrogens (tertiary/aromatic N) is 2. The molecule has 25 heavy (non-hydrogen) atoms. The van der Waals surface area contributed by atoms with Crippen LogP contribution < -0.4 is 4.90 Å². The lowest BCUT2D eigenvalue weighted by Gasteiger charge is -2.32. The van der Waals surface area contributed by atoms with Gasteiger partial charge in [0.25, 0.3) is 0 Å². The summed E-state index contributed by atoms with van der Waals surface area (Å²) in [5.41, 5.74) is 1.33. The van der Waals surface area contributed by atoms with Crippen molar-refractivity contribution < 1.29 is 18.7 Å². The van der Waals surface area contributed by atoms with E-state index in [0.717, 1.165) is 18.4 Å². The normalized spacial score (nSPS) is 23.7. The number of rotatable bonds is 2. The van der Waals surface area contributed by atoms with Gasteiger partial charge < -0.3 is 9.64 Å². The fraction of sp³-hybridized carbons (Fsp3) is 0.579. The van der Waals surface area contributed by atoms with E-state index in [1.54, 1.807) is 11.0 Å². The minimum atomic E-state index is -0.428. The van der Waals surface area contributed by atoms with Gasteiger partial charge in [-0.3, -0.25) is 9.69 Å². The zero-order valence-corrected chi connectivity index (χ0v) is 14.2. The number of carbonyl (C=O) groups excluding carboxylic acids is 2. The Hall–Kier alpha value is -2.11. The van der Waals surface area contributed by atoms with E-state index >= 15 is 0 Å². The predicted octanol–water partition coefficient (Wildman–Crippen LogP) is 3.46. The van der Waals surface area contributed by atoms with Crippen LogP contribution in [0.3, 0.4) is 0 Å². The van der Waals surface area contributed by atoms with Crippen LogP contribution in [-0.2, 0) is 16.1 Å². The minimum absolute atomic E-state index is 0.143. The van der Waals surface area contributed by atoms with Gasteiger partial charge in [-0.15, -0.1) is 0 Å². The molecule has 0 spiro atoms. The quantitative estimate of drug-likeness (QED) is 0.824. The first-order valence-electron chi connectivity index (χ1n) is 9.14. The van der Waals surface area contributed by atoms with Gasteiger partial charge in [0.1, 0.15) is 12.4 Å². The van der Waals surface area contributed by atoms with E-state index in [1.807, 2.05) is 4.90 Å². The van der Waals surface area contributed by atoms with E-state index < -0.39 is 6.09 Å². The Kier molecular flexibility index (Phi) is 4.36. The highest BCUT2D eigenvalue weighted by Gasteiger charge is 2.38. The maximum Gasteiger partial charge on any atom is 0.414 e. The summed E-state index contributed by atoms with van der Waals surface area (Å²) in [6.45, 7) is 1.30. The van der Waals surface area contributed by atoms with Crippen LogP contribution in [0.4, 0.5) is 14.9 Å². The molecule has 6 heteroatoms. The van der Waals surface area contributed by atoms with Crippen molar-refractivity contribution in [3.63, 3.8) is 0 Å². The molecular weight excluding hydrogens is 323 g/mol. The van der Waals surface area contributed by atoms with Gasteiger partial charge in [-0.1, -0.05) is 18.9 Å². The predicted molar refractivity (Wildman–Crippen MR) is 90.6 cm³/mol. The van der Waals surface area contributed by atoms with Gasteiger partial charge in [0, 0.05) is 19.5 Å². The highest BCUT2D eigenvalue weighted by Crippen LogP contribution is 2.33. The molecule has 2 fully saturated rings. The Labute approximate surface area is 146 Å². The van der Waals surface area contributed by atoms with Crippen molar-refractivity contribution >= 4 is 17.7 Å². The van der Waals surface area contributed by atoms with Crippen molar-refractivity contribution in [2.45, 2.75) is 51.1 Å². The summed E-state index contributed by atoms with van der Waals surface area (Å²) in [7, 11) is 0. The van der Waals surface area contributed by atoms with Crippen molar-refractivity contribution in [3.8, 4) is 0 Å². The molecular formula is C19H23FN2O3. The first-order valence-corrected chi connectivity index (χ1v) is 9.14. The van der Waals surface area contributed by atoms with Crippen LogP contribution in [0.15, 0.2) is 18.2 Å². The number of hydrogen-bond acceptors (Lipinski definition) is 3. The summed E-state index contributed by atoms with van der Waals surface area (Å²) < 4.78 is 19.0. The topological polar surface area (TPSA) is 49.9 Å². The molecule has 1 saturated carbocycles. The molecule has 0 N–H and O–H groups in total. The number of cyclic esters (lactones) is 1. The summed E-state index contributed by atoms with van der Waals surface area (Å²) >= 11 is 0. The van der Waals surface area contributed by atoms with Crippen LogP contribution in [0.2, 0.25) is 0 Å². The molecule has 2 amide bonds. The number of hydrogen-bond donors (Lipinski definition) is 0. The molecule has 134 valence electrons. The van der Waals surface area contributed by atoms with E-state index in [2.05, 4.69) is 0 Å². The van der Waals surface area contributed by atoms with E-state index in [-0.39, 0.29) is 17.8 Å². The van der Waals surface area contributed by atoms with Crippen molar-refractivity contribution in [2.24, 2.45) is 5.92 Å². The van der Waals surface area contributed by atoms with Gasteiger partial charge in [0.2, 0.25) is 5.91 Å². The molecule has 1 aromatic rings. The summed E-state index contributed by atoms with van der Waals surface area (Å²) in [6, 6.07) is 4.29. The summed E-state index contributed by atoms with van der Waals surface area (Å²) in [6.07, 6.45) is 5.54. The molecule has 2 heterocycles. The molecule has 3 aliphatic rings. The largest absolute Gasteiger partial charge is 0.447 e. The van der Waals surface area contributed by atoms with E-state index in [0.29, 0.717) is 44.1 Å². The Morgan fingerprint density at radius 3 is 2.84 bits per heavy atom. The third-order valence-corrected chi connectivity index (χ3v) is 5.65. The lowest BCUT2D eigenvalue weighted by atomic mass is 10.0. The van der Waals surface area contributed by atoms with Crippen LogP contribution in [0, 0.1) is 11.7 Å². The Morgan fingerprint density at radius 1 is 1.24 bits per heavy atom. The van der Waals surface area contributed by atoms with E-state index in [9.17, 15) is 14.0 Å². The highest BCUT2D eigenvalue weighted by molar-refractivity contribution is 5.91. The molecule has 0 aromatic heterocycles. The van der Waals surface area contributed by atoms with Gasteiger partial charge in [0.05, 0.1) is 11.7 Å². The number of carbonyl (C=O) groups is 2. The molecule has 1 saturated heterocycles. The number of amides is 2. The van der Waals surface area contributed by atoms with Crippen molar-refractivity contribution in [1.29, 1.82) is 0 Å². The summed E-state index contributed by atoms with van der Waals surface area (Å²) in [5.74, 6) is 0.279. The molecule has 1 atom stereocenters. The number of halogens is 1. The number of fused-ring (bicyclic) bond motifs is 3. The number of ether oxygens (including phenoxy) is 1. The van der Waals surface area contributed by atoms with Gasteiger partial charge in [-0.25, -0.2) is 9.18 Å². The Balaban J connectivity index is 1.60. The SMILES string of the molecule is O=C(CC1CCCC1)N1CC[C@H]2COC(=O)N2c2cc(F)ccc2C1. The summed E-state index contributed by atoms with van der Waals surface area (Å²) in [5, 5.41) is 0. The van der Waals surface area contributed by atoms with Crippen LogP contribution in [0.5, 0.6) is 0 Å². The zero-order chi connectivity index (χ0) is 17.4. The lowest BCUT2D eigenvalue weighted by Crippen LogP contribution is -2.42. The highest BCUT2D eigenvalue weighted by atomic mass is 19.1. The van der Waals surface area contributed by atoms with Crippen molar-refractivity contribution in [1.82, 2.24) is 4.90 Å². The average molecular weight is 346 g/mol. The minimum Gasteiger partial charge on any atom is -0.447 e. The summed E-state index contributed by atoms with van der Waals surface area (Å²) in [4.78, 5) is 28.3. The Bertz CT molecular complexity index is 687. The standard InChI is InChI=1S/C19H23FN2O3/c20-15-6-5-14-11-21(18(23)9-13-3-1-2-4-13)8-7-16-12-25-19(24)22(16)17(14)10-15/h5-6,10,13,16H,1-4,7-9,11-12H2/t16-/m0/s1. The fourth-order valence-corrected chi connectivity index (χ4v) is 4.26. The number of anilines is 1.